The van der Waals surface area contributed by atoms with E-state index in [2.05, 4.69) is 20.6 Å². The second-order valence-electron chi connectivity index (χ2n) is 6.84. The second-order valence-corrected chi connectivity index (χ2v) is 6.84. The Balaban J connectivity index is 1.54. The molecular weight excluding hydrogens is 387 g/mol. The molecule has 0 aliphatic heterocycles. The van der Waals surface area contributed by atoms with Gasteiger partial charge in [-0.3, -0.25) is 4.79 Å². The zero-order valence-electron chi connectivity index (χ0n) is 16.4. The van der Waals surface area contributed by atoms with Crippen LogP contribution in [0.5, 0.6) is 0 Å². The molecule has 0 aliphatic rings. The minimum absolute atomic E-state index is 0.0562. The van der Waals surface area contributed by atoms with Crippen LogP contribution in [0.25, 0.3) is 11.5 Å². The number of rotatable bonds is 5. The molecule has 0 atom stereocenters. The summed E-state index contributed by atoms with van der Waals surface area (Å²) in [7, 11) is 0. The molecule has 0 spiro atoms. The van der Waals surface area contributed by atoms with Gasteiger partial charge in [-0.2, -0.15) is 0 Å². The highest BCUT2D eigenvalue weighted by Gasteiger charge is 2.20. The van der Waals surface area contributed by atoms with Gasteiger partial charge in [-0.05, 0) is 44.2 Å². The standard InChI is InChI=1S/C21H19FN6O2/c1-12-5-3-6-14(9-12)21-25-17(13(2)30-21)11-28-19(23)18(26-27-28)20(29)24-16-8-4-7-15(22)10-16/h3-10H,11,23H2,1-2H3,(H,24,29). The highest BCUT2D eigenvalue weighted by atomic mass is 19.1. The first-order valence-electron chi connectivity index (χ1n) is 9.20. The van der Waals surface area contributed by atoms with Crippen molar-refractivity contribution in [3.8, 4) is 11.5 Å². The molecule has 0 bridgehead atoms. The number of carbonyl (C=O) groups excluding carboxylic acids is 1. The van der Waals surface area contributed by atoms with Gasteiger partial charge < -0.3 is 15.5 Å². The third-order valence-corrected chi connectivity index (χ3v) is 4.53. The first kappa shape index (κ1) is 19.3. The second kappa shape index (κ2) is 7.78. The fourth-order valence-electron chi connectivity index (χ4n) is 2.97. The van der Waals surface area contributed by atoms with Crippen LogP contribution in [-0.4, -0.2) is 25.9 Å². The summed E-state index contributed by atoms with van der Waals surface area (Å²) in [5, 5.41) is 10.4. The summed E-state index contributed by atoms with van der Waals surface area (Å²) in [6, 6.07) is 13.4. The molecule has 0 saturated carbocycles. The van der Waals surface area contributed by atoms with Gasteiger partial charge in [0.05, 0.1) is 6.54 Å². The Bertz CT molecular complexity index is 1230. The number of nitrogen functional groups attached to an aromatic ring is 1. The van der Waals surface area contributed by atoms with Crippen LogP contribution in [0.3, 0.4) is 0 Å². The van der Waals surface area contributed by atoms with E-state index in [0.29, 0.717) is 23.0 Å². The summed E-state index contributed by atoms with van der Waals surface area (Å²) in [6.45, 7) is 3.98. The van der Waals surface area contributed by atoms with E-state index in [1.54, 1.807) is 13.0 Å². The molecule has 3 N–H and O–H groups in total. The van der Waals surface area contributed by atoms with E-state index in [1.165, 1.54) is 22.9 Å². The number of benzene rings is 2. The predicted octanol–water partition coefficient (Wildman–Crippen LogP) is 3.57. The number of aromatic nitrogens is 4. The average Bonchev–Trinajstić information content (AvgIpc) is 3.25. The number of anilines is 2. The first-order valence-corrected chi connectivity index (χ1v) is 9.20. The average molecular weight is 406 g/mol. The normalized spacial score (nSPS) is 10.9. The van der Waals surface area contributed by atoms with Crippen molar-refractivity contribution in [2.45, 2.75) is 20.4 Å². The molecule has 0 aliphatic carbocycles. The molecule has 152 valence electrons. The largest absolute Gasteiger partial charge is 0.441 e. The molecule has 8 nitrogen and oxygen atoms in total. The van der Waals surface area contributed by atoms with Gasteiger partial charge in [0.2, 0.25) is 5.89 Å². The fraction of sp³-hybridized carbons (Fsp3) is 0.143. The molecule has 2 heterocycles. The number of nitrogens with two attached hydrogens (primary N) is 1. The van der Waals surface area contributed by atoms with Crippen molar-refractivity contribution in [2.75, 3.05) is 11.1 Å². The summed E-state index contributed by atoms with van der Waals surface area (Å²) in [5.74, 6) is 0.140. The lowest BCUT2D eigenvalue weighted by atomic mass is 10.1. The molecule has 0 unspecified atom stereocenters. The molecule has 0 saturated heterocycles. The Hall–Kier alpha value is -4.01. The van der Waals surface area contributed by atoms with Crippen LogP contribution in [0.4, 0.5) is 15.9 Å². The van der Waals surface area contributed by atoms with Gasteiger partial charge >= 0.3 is 0 Å². The zero-order valence-corrected chi connectivity index (χ0v) is 16.4. The van der Waals surface area contributed by atoms with E-state index in [4.69, 9.17) is 10.2 Å². The SMILES string of the molecule is Cc1cccc(-c2nc(Cn3nnc(C(=O)Nc4cccc(F)c4)c3N)c(C)o2)c1. The number of hydrogen-bond acceptors (Lipinski definition) is 6. The van der Waals surface area contributed by atoms with Gasteiger partial charge in [-0.25, -0.2) is 14.1 Å². The van der Waals surface area contributed by atoms with Gasteiger partial charge in [-0.1, -0.05) is 29.0 Å². The van der Waals surface area contributed by atoms with Crippen LogP contribution in [0, 0.1) is 19.7 Å². The smallest absolute Gasteiger partial charge is 0.280 e. The molecule has 4 aromatic rings. The number of amides is 1. The van der Waals surface area contributed by atoms with Crippen molar-refractivity contribution >= 4 is 17.4 Å². The van der Waals surface area contributed by atoms with E-state index < -0.39 is 11.7 Å². The molecule has 2 aromatic carbocycles. The maximum absolute atomic E-state index is 13.3. The van der Waals surface area contributed by atoms with Gasteiger partial charge in [0.25, 0.3) is 5.91 Å². The number of carbonyl (C=O) groups is 1. The first-order chi connectivity index (χ1) is 14.4. The minimum atomic E-state index is -0.582. The van der Waals surface area contributed by atoms with E-state index in [0.717, 1.165) is 11.1 Å². The summed E-state index contributed by atoms with van der Waals surface area (Å²) in [4.78, 5) is 17.0. The van der Waals surface area contributed by atoms with Crippen LogP contribution in [0.1, 0.15) is 27.5 Å². The van der Waals surface area contributed by atoms with E-state index in [1.807, 2.05) is 31.2 Å². The van der Waals surface area contributed by atoms with Gasteiger partial charge in [0.15, 0.2) is 11.5 Å². The molecule has 9 heteroatoms. The van der Waals surface area contributed by atoms with E-state index in [-0.39, 0.29) is 18.1 Å². The van der Waals surface area contributed by atoms with Crippen molar-refractivity contribution in [2.24, 2.45) is 0 Å². The van der Waals surface area contributed by atoms with Crippen LogP contribution in [-0.2, 0) is 6.54 Å². The highest BCUT2D eigenvalue weighted by molar-refractivity contribution is 6.05. The summed E-state index contributed by atoms with van der Waals surface area (Å²) >= 11 is 0. The van der Waals surface area contributed by atoms with Crippen molar-refractivity contribution in [1.29, 1.82) is 0 Å². The zero-order chi connectivity index (χ0) is 21.3. The Morgan fingerprint density at radius 3 is 2.77 bits per heavy atom. The highest BCUT2D eigenvalue weighted by Crippen LogP contribution is 2.24. The third kappa shape index (κ3) is 3.90. The molecule has 30 heavy (non-hydrogen) atoms. The van der Waals surface area contributed by atoms with Gasteiger partial charge in [0.1, 0.15) is 17.3 Å². The lowest BCUT2D eigenvalue weighted by Gasteiger charge is -2.04. The van der Waals surface area contributed by atoms with Gasteiger partial charge in [-0.15, -0.1) is 5.10 Å². The Kier molecular flexibility index (Phi) is 5.01. The Morgan fingerprint density at radius 2 is 2.00 bits per heavy atom. The molecule has 0 fully saturated rings. The lowest BCUT2D eigenvalue weighted by molar-refractivity contribution is 0.102. The topological polar surface area (TPSA) is 112 Å². The van der Waals surface area contributed by atoms with Crippen molar-refractivity contribution in [3.05, 3.63) is 77.1 Å². The summed E-state index contributed by atoms with van der Waals surface area (Å²) < 4.78 is 20.5. The quantitative estimate of drug-likeness (QED) is 0.524. The predicted molar refractivity (Wildman–Crippen MR) is 109 cm³/mol. The van der Waals surface area contributed by atoms with E-state index in [9.17, 15) is 9.18 Å². The number of oxazole rings is 1. The molecule has 2 aromatic heterocycles. The van der Waals surface area contributed by atoms with E-state index >= 15 is 0 Å². The van der Waals surface area contributed by atoms with Crippen molar-refractivity contribution < 1.29 is 13.6 Å². The fourth-order valence-corrected chi connectivity index (χ4v) is 2.97. The molecular formula is C21H19FN6O2. The molecule has 4 rings (SSSR count). The van der Waals surface area contributed by atoms with Crippen LogP contribution < -0.4 is 11.1 Å². The molecule has 0 radical (unpaired) electrons. The lowest BCUT2D eigenvalue weighted by Crippen LogP contribution is -2.15. The van der Waals surface area contributed by atoms with Crippen molar-refractivity contribution in [3.63, 3.8) is 0 Å². The third-order valence-electron chi connectivity index (χ3n) is 4.53. The number of aryl methyl sites for hydroxylation is 2. The monoisotopic (exact) mass is 406 g/mol. The maximum atomic E-state index is 13.3. The van der Waals surface area contributed by atoms with Crippen LogP contribution in [0.15, 0.2) is 52.9 Å². The summed E-state index contributed by atoms with van der Waals surface area (Å²) in [5.41, 5.74) is 8.90. The summed E-state index contributed by atoms with van der Waals surface area (Å²) in [6.07, 6.45) is 0. The van der Waals surface area contributed by atoms with Crippen LogP contribution in [0.2, 0.25) is 0 Å². The number of halogens is 1. The van der Waals surface area contributed by atoms with Crippen LogP contribution >= 0.6 is 0 Å². The number of hydrogen-bond donors (Lipinski definition) is 2. The molecule has 1 amide bonds. The maximum Gasteiger partial charge on any atom is 0.280 e. The van der Waals surface area contributed by atoms with Crippen molar-refractivity contribution in [1.82, 2.24) is 20.0 Å². The Morgan fingerprint density at radius 1 is 1.20 bits per heavy atom. The number of nitrogens with zero attached hydrogens (tertiary/aromatic N) is 4. The Labute approximate surface area is 171 Å². The minimum Gasteiger partial charge on any atom is -0.441 e. The number of nitrogens with one attached hydrogen (secondary N) is 1. The van der Waals surface area contributed by atoms with Gasteiger partial charge in [0, 0.05) is 11.3 Å².